The summed E-state index contributed by atoms with van der Waals surface area (Å²) in [4.78, 5) is 15.5. The van der Waals surface area contributed by atoms with Crippen LogP contribution in [0.25, 0.3) is 0 Å². The fourth-order valence-electron chi connectivity index (χ4n) is 1.05. The van der Waals surface area contributed by atoms with Crippen LogP contribution < -0.4 is 0 Å². The van der Waals surface area contributed by atoms with Gasteiger partial charge in [-0.15, -0.1) is 11.3 Å². The van der Waals surface area contributed by atoms with Crippen molar-refractivity contribution in [3.8, 4) is 0 Å². The molecule has 0 N–H and O–H groups in total. The average Bonchev–Trinajstić information content (AvgIpc) is 2.53. The van der Waals surface area contributed by atoms with Crippen molar-refractivity contribution in [3.05, 3.63) is 16.6 Å². The molecule has 0 saturated heterocycles. The highest BCUT2D eigenvalue weighted by Crippen LogP contribution is 2.09. The van der Waals surface area contributed by atoms with Gasteiger partial charge in [0.05, 0.1) is 11.4 Å². The van der Waals surface area contributed by atoms with Gasteiger partial charge in [-0.2, -0.15) is 0 Å². The number of hydrogen-bond acceptors (Lipinski definition) is 3. The molecule has 13 heavy (non-hydrogen) atoms. The van der Waals surface area contributed by atoms with Gasteiger partial charge in [-0.1, -0.05) is 13.8 Å². The van der Waals surface area contributed by atoms with Crippen molar-refractivity contribution in [1.29, 1.82) is 0 Å². The molecule has 0 unspecified atom stereocenters. The second-order valence-electron chi connectivity index (χ2n) is 3.57. The molecule has 0 fully saturated rings. The van der Waals surface area contributed by atoms with Crippen molar-refractivity contribution in [3.63, 3.8) is 0 Å². The number of ketones is 1. The molecule has 0 aliphatic rings. The summed E-state index contributed by atoms with van der Waals surface area (Å²) >= 11 is 1.55. The number of hydrogen-bond donors (Lipinski definition) is 0. The second-order valence-corrected chi connectivity index (χ2v) is 4.55. The molecular formula is C10H15NOS. The summed E-state index contributed by atoms with van der Waals surface area (Å²) in [6.45, 7) is 4.27. The third kappa shape index (κ3) is 4.18. The van der Waals surface area contributed by atoms with Gasteiger partial charge < -0.3 is 0 Å². The van der Waals surface area contributed by atoms with Gasteiger partial charge in [0.1, 0.15) is 5.78 Å². The second kappa shape index (κ2) is 5.12. The largest absolute Gasteiger partial charge is 0.299 e. The van der Waals surface area contributed by atoms with Crippen molar-refractivity contribution >= 4 is 17.1 Å². The average molecular weight is 197 g/mol. The molecule has 1 heterocycles. The van der Waals surface area contributed by atoms with E-state index in [1.165, 1.54) is 0 Å². The van der Waals surface area contributed by atoms with Crippen LogP contribution in [0.4, 0.5) is 0 Å². The lowest BCUT2D eigenvalue weighted by atomic mass is 10.0. The standard InChI is InChI=1S/C10H15NOS/c1-8(2)3-4-9(12)7-10-11-5-6-13-10/h5-6,8H,3-4,7H2,1-2H3. The highest BCUT2D eigenvalue weighted by molar-refractivity contribution is 7.09. The zero-order valence-electron chi connectivity index (χ0n) is 8.12. The number of thiazole rings is 1. The molecule has 2 nitrogen and oxygen atoms in total. The van der Waals surface area contributed by atoms with E-state index in [1.54, 1.807) is 17.5 Å². The summed E-state index contributed by atoms with van der Waals surface area (Å²) in [6, 6.07) is 0. The number of carbonyl (C=O) groups is 1. The number of carbonyl (C=O) groups excluding carboxylic acids is 1. The molecule has 0 bridgehead atoms. The lowest BCUT2D eigenvalue weighted by Crippen LogP contribution is -2.03. The smallest absolute Gasteiger partial charge is 0.139 e. The topological polar surface area (TPSA) is 30.0 Å². The first-order valence-electron chi connectivity index (χ1n) is 4.58. The van der Waals surface area contributed by atoms with E-state index >= 15 is 0 Å². The molecule has 0 atom stereocenters. The Labute approximate surface area is 83.0 Å². The van der Waals surface area contributed by atoms with Gasteiger partial charge >= 0.3 is 0 Å². The quantitative estimate of drug-likeness (QED) is 0.726. The Morgan fingerprint density at radius 2 is 2.38 bits per heavy atom. The predicted octanol–water partition coefficient (Wildman–Crippen LogP) is 2.69. The Balaban J connectivity index is 2.26. The minimum absolute atomic E-state index is 0.309. The Kier molecular flexibility index (Phi) is 4.09. The third-order valence-corrected chi connectivity index (χ3v) is 2.61. The Morgan fingerprint density at radius 3 is 2.92 bits per heavy atom. The number of Topliss-reactive ketones (excluding diaryl/α,β-unsaturated/α-hetero) is 1. The molecular weight excluding hydrogens is 182 g/mol. The van der Waals surface area contributed by atoms with Crippen LogP contribution in [0.1, 0.15) is 31.7 Å². The SMILES string of the molecule is CC(C)CCC(=O)Cc1nccs1. The van der Waals surface area contributed by atoms with Crippen LogP contribution >= 0.6 is 11.3 Å². The van der Waals surface area contributed by atoms with Crippen LogP contribution in [0, 0.1) is 5.92 Å². The van der Waals surface area contributed by atoms with Crippen molar-refractivity contribution in [2.75, 3.05) is 0 Å². The van der Waals surface area contributed by atoms with E-state index in [1.807, 2.05) is 5.38 Å². The molecule has 1 aromatic heterocycles. The minimum Gasteiger partial charge on any atom is -0.299 e. The summed E-state index contributed by atoms with van der Waals surface area (Å²) < 4.78 is 0. The third-order valence-electron chi connectivity index (χ3n) is 1.83. The van der Waals surface area contributed by atoms with E-state index in [2.05, 4.69) is 18.8 Å². The van der Waals surface area contributed by atoms with E-state index in [4.69, 9.17) is 0 Å². The van der Waals surface area contributed by atoms with Crippen LogP contribution in [0.5, 0.6) is 0 Å². The van der Waals surface area contributed by atoms with Gasteiger partial charge in [0.15, 0.2) is 0 Å². The van der Waals surface area contributed by atoms with E-state index in [0.717, 1.165) is 11.4 Å². The van der Waals surface area contributed by atoms with Crippen LogP contribution in [-0.4, -0.2) is 10.8 Å². The van der Waals surface area contributed by atoms with E-state index in [0.29, 0.717) is 24.5 Å². The molecule has 0 amide bonds. The van der Waals surface area contributed by atoms with Crippen LogP contribution in [-0.2, 0) is 11.2 Å². The number of rotatable bonds is 5. The van der Waals surface area contributed by atoms with Crippen LogP contribution in [0.2, 0.25) is 0 Å². The zero-order valence-corrected chi connectivity index (χ0v) is 8.93. The molecule has 0 spiro atoms. The first kappa shape index (κ1) is 10.4. The van der Waals surface area contributed by atoms with Gasteiger partial charge in [0.25, 0.3) is 0 Å². The van der Waals surface area contributed by atoms with Crippen molar-refractivity contribution in [1.82, 2.24) is 4.98 Å². The maximum Gasteiger partial charge on any atom is 0.139 e. The van der Waals surface area contributed by atoms with Crippen molar-refractivity contribution < 1.29 is 4.79 Å². The fraction of sp³-hybridized carbons (Fsp3) is 0.600. The van der Waals surface area contributed by atoms with Gasteiger partial charge in [-0.3, -0.25) is 4.79 Å². The lowest BCUT2D eigenvalue weighted by molar-refractivity contribution is -0.118. The van der Waals surface area contributed by atoms with E-state index < -0.39 is 0 Å². The summed E-state index contributed by atoms with van der Waals surface area (Å²) in [5.74, 6) is 0.920. The first-order chi connectivity index (χ1) is 6.18. The molecule has 3 heteroatoms. The lowest BCUT2D eigenvalue weighted by Gasteiger charge is -2.01. The molecule has 0 aliphatic heterocycles. The summed E-state index contributed by atoms with van der Waals surface area (Å²) in [5.41, 5.74) is 0. The molecule has 0 aliphatic carbocycles. The number of nitrogens with zero attached hydrogens (tertiary/aromatic N) is 1. The predicted molar refractivity (Wildman–Crippen MR) is 54.9 cm³/mol. The summed E-state index contributed by atoms with van der Waals surface area (Å²) in [5, 5.41) is 2.85. The van der Waals surface area contributed by atoms with E-state index in [9.17, 15) is 4.79 Å². The molecule has 1 rings (SSSR count). The normalized spacial score (nSPS) is 10.7. The monoisotopic (exact) mass is 197 g/mol. The first-order valence-corrected chi connectivity index (χ1v) is 5.46. The molecule has 0 aromatic carbocycles. The Morgan fingerprint density at radius 1 is 1.62 bits per heavy atom. The highest BCUT2D eigenvalue weighted by atomic mass is 32.1. The van der Waals surface area contributed by atoms with Gasteiger partial charge in [0, 0.05) is 18.0 Å². The zero-order chi connectivity index (χ0) is 9.68. The number of aromatic nitrogens is 1. The van der Waals surface area contributed by atoms with Crippen molar-refractivity contribution in [2.45, 2.75) is 33.1 Å². The fourth-order valence-corrected chi connectivity index (χ4v) is 1.69. The molecule has 72 valence electrons. The molecule has 1 aromatic rings. The van der Waals surface area contributed by atoms with Crippen LogP contribution in [0.3, 0.4) is 0 Å². The van der Waals surface area contributed by atoms with Gasteiger partial charge in [-0.25, -0.2) is 4.98 Å². The Bertz CT molecular complexity index is 254. The maximum absolute atomic E-state index is 11.4. The van der Waals surface area contributed by atoms with Gasteiger partial charge in [0.2, 0.25) is 0 Å². The van der Waals surface area contributed by atoms with Gasteiger partial charge in [-0.05, 0) is 12.3 Å². The molecule has 0 radical (unpaired) electrons. The van der Waals surface area contributed by atoms with E-state index in [-0.39, 0.29) is 0 Å². The molecule has 0 saturated carbocycles. The highest BCUT2D eigenvalue weighted by Gasteiger charge is 2.06. The Hall–Kier alpha value is -0.700. The maximum atomic E-state index is 11.4. The summed E-state index contributed by atoms with van der Waals surface area (Å²) in [7, 11) is 0. The van der Waals surface area contributed by atoms with Crippen molar-refractivity contribution in [2.24, 2.45) is 5.92 Å². The minimum atomic E-state index is 0.309. The van der Waals surface area contributed by atoms with Crippen LogP contribution in [0.15, 0.2) is 11.6 Å². The summed E-state index contributed by atoms with van der Waals surface area (Å²) in [6.07, 6.45) is 3.95.